The van der Waals surface area contributed by atoms with Crippen LogP contribution in [-0.4, -0.2) is 36.4 Å². The van der Waals surface area contributed by atoms with Gasteiger partial charge in [0.2, 0.25) is 0 Å². The molecule has 0 aliphatic heterocycles. The van der Waals surface area contributed by atoms with Crippen LogP contribution in [0, 0.1) is 0 Å². The van der Waals surface area contributed by atoms with Crippen LogP contribution in [0.4, 0.5) is 0 Å². The molecule has 0 unspecified atom stereocenters. The lowest BCUT2D eigenvalue weighted by Gasteiger charge is -2.12. The number of unbranched alkanes of at least 4 members (excludes halogenated alkanes) is 17. The van der Waals surface area contributed by atoms with Gasteiger partial charge in [-0.3, -0.25) is 9.59 Å². The average molecular weight is 591 g/mol. The summed E-state index contributed by atoms with van der Waals surface area (Å²) in [4.78, 5) is 23.8. The van der Waals surface area contributed by atoms with Crippen molar-refractivity contribution in [3.63, 3.8) is 0 Å². The van der Waals surface area contributed by atoms with Gasteiger partial charge in [0.05, 0.1) is 0 Å². The molecule has 0 saturated heterocycles. The van der Waals surface area contributed by atoms with Gasteiger partial charge in [0.15, 0.2) is 0 Å². The van der Waals surface area contributed by atoms with Crippen molar-refractivity contribution in [3.05, 3.63) is 36.5 Å². The van der Waals surface area contributed by atoms with Crippen LogP contribution in [0.2, 0.25) is 0 Å². The van der Waals surface area contributed by atoms with Crippen LogP contribution in [0.5, 0.6) is 0 Å². The summed E-state index contributed by atoms with van der Waals surface area (Å²) in [5.41, 5.74) is 0. The molecule has 0 aromatic heterocycles. The van der Waals surface area contributed by atoms with Gasteiger partial charge in [-0.05, 0) is 51.4 Å². The molecule has 1 atom stereocenters. The standard InChI is InChI=1S/C37H66O5/c1-3-5-7-9-11-13-15-16-17-18-19-20-22-24-26-28-30-32-37(40)42-34-35(38)33-41-36(39)31-29-27-25-23-21-14-12-10-8-6-4-2/h11,13,16-17,19-20,35,38H,3-10,12,14-15,18,21-34H2,1-2H3/b13-11-,17-16-,20-19-/t35-/m1/s1. The summed E-state index contributed by atoms with van der Waals surface area (Å²) in [5.74, 6) is -0.590. The lowest BCUT2D eigenvalue weighted by Crippen LogP contribution is -2.25. The van der Waals surface area contributed by atoms with E-state index >= 15 is 0 Å². The van der Waals surface area contributed by atoms with Crippen molar-refractivity contribution in [2.24, 2.45) is 0 Å². The molecular formula is C37H66O5. The van der Waals surface area contributed by atoms with E-state index in [0.29, 0.717) is 12.8 Å². The highest BCUT2D eigenvalue weighted by Gasteiger charge is 2.12. The maximum absolute atomic E-state index is 11.9. The minimum absolute atomic E-state index is 0.121. The largest absolute Gasteiger partial charge is 0.463 e. The Morgan fingerprint density at radius 1 is 0.500 bits per heavy atom. The third-order valence-corrected chi connectivity index (χ3v) is 7.38. The van der Waals surface area contributed by atoms with E-state index in [1.165, 1.54) is 77.0 Å². The predicted molar refractivity (Wildman–Crippen MR) is 178 cm³/mol. The fraction of sp³-hybridized carbons (Fsp3) is 0.784. The minimum atomic E-state index is -0.969. The molecule has 0 spiro atoms. The molecule has 5 heteroatoms. The first-order chi connectivity index (χ1) is 20.6. The molecule has 0 rings (SSSR count). The van der Waals surface area contributed by atoms with E-state index in [9.17, 15) is 14.7 Å². The Labute approximate surface area is 259 Å². The number of esters is 2. The molecule has 1 N–H and O–H groups in total. The number of allylic oxidation sites excluding steroid dienone is 6. The third-order valence-electron chi connectivity index (χ3n) is 7.38. The van der Waals surface area contributed by atoms with Gasteiger partial charge in [0.1, 0.15) is 19.3 Å². The Bertz CT molecular complexity index is 682. The van der Waals surface area contributed by atoms with E-state index in [4.69, 9.17) is 9.47 Å². The van der Waals surface area contributed by atoms with Crippen molar-refractivity contribution in [2.45, 2.75) is 174 Å². The van der Waals surface area contributed by atoms with Gasteiger partial charge >= 0.3 is 11.9 Å². The maximum Gasteiger partial charge on any atom is 0.305 e. The fourth-order valence-corrected chi connectivity index (χ4v) is 4.68. The van der Waals surface area contributed by atoms with E-state index < -0.39 is 6.10 Å². The summed E-state index contributed by atoms with van der Waals surface area (Å²) in [6.07, 6.45) is 39.0. The molecule has 42 heavy (non-hydrogen) atoms. The minimum Gasteiger partial charge on any atom is -0.463 e. The van der Waals surface area contributed by atoms with Crippen LogP contribution < -0.4 is 0 Å². The van der Waals surface area contributed by atoms with Crippen LogP contribution in [0.15, 0.2) is 36.5 Å². The molecule has 0 aromatic rings. The number of hydrogen-bond donors (Lipinski definition) is 1. The van der Waals surface area contributed by atoms with Crippen molar-refractivity contribution >= 4 is 11.9 Å². The van der Waals surface area contributed by atoms with Crippen molar-refractivity contribution in [2.75, 3.05) is 13.2 Å². The first kappa shape index (κ1) is 40.1. The van der Waals surface area contributed by atoms with Gasteiger partial charge in [-0.25, -0.2) is 0 Å². The zero-order valence-corrected chi connectivity index (χ0v) is 27.5. The predicted octanol–water partition coefficient (Wildman–Crippen LogP) is 10.5. The average Bonchev–Trinajstić information content (AvgIpc) is 2.99. The van der Waals surface area contributed by atoms with Crippen molar-refractivity contribution in [1.82, 2.24) is 0 Å². The summed E-state index contributed by atoms with van der Waals surface area (Å²) in [7, 11) is 0. The van der Waals surface area contributed by atoms with Crippen LogP contribution >= 0.6 is 0 Å². The molecule has 244 valence electrons. The Morgan fingerprint density at radius 3 is 1.29 bits per heavy atom. The summed E-state index contributed by atoms with van der Waals surface area (Å²) in [6.45, 7) is 4.23. The highest BCUT2D eigenvalue weighted by molar-refractivity contribution is 5.69. The van der Waals surface area contributed by atoms with Gasteiger partial charge in [-0.15, -0.1) is 0 Å². The van der Waals surface area contributed by atoms with Gasteiger partial charge in [-0.2, -0.15) is 0 Å². The van der Waals surface area contributed by atoms with E-state index in [2.05, 4.69) is 50.3 Å². The summed E-state index contributed by atoms with van der Waals surface area (Å²) < 4.78 is 10.3. The quantitative estimate of drug-likeness (QED) is 0.0494. The van der Waals surface area contributed by atoms with E-state index in [1.54, 1.807) is 0 Å². The smallest absolute Gasteiger partial charge is 0.305 e. The van der Waals surface area contributed by atoms with Crippen LogP contribution in [-0.2, 0) is 19.1 Å². The second-order valence-corrected chi connectivity index (χ2v) is 11.6. The molecule has 0 fully saturated rings. The number of hydrogen-bond acceptors (Lipinski definition) is 5. The molecule has 0 aliphatic carbocycles. The van der Waals surface area contributed by atoms with Crippen LogP contribution in [0.1, 0.15) is 168 Å². The lowest BCUT2D eigenvalue weighted by molar-refractivity contribution is -0.152. The van der Waals surface area contributed by atoms with E-state index in [1.807, 2.05) is 0 Å². The molecule has 0 aromatic carbocycles. The monoisotopic (exact) mass is 590 g/mol. The molecular weight excluding hydrogens is 524 g/mol. The van der Waals surface area contributed by atoms with Gasteiger partial charge in [0, 0.05) is 12.8 Å². The fourth-order valence-electron chi connectivity index (χ4n) is 4.68. The first-order valence-electron chi connectivity index (χ1n) is 17.5. The zero-order valence-electron chi connectivity index (χ0n) is 27.5. The molecule has 0 heterocycles. The maximum atomic E-state index is 11.9. The number of aliphatic hydroxyl groups is 1. The Morgan fingerprint density at radius 2 is 0.833 bits per heavy atom. The molecule has 0 aliphatic rings. The van der Waals surface area contributed by atoms with Crippen LogP contribution in [0.25, 0.3) is 0 Å². The number of ether oxygens (including phenoxy) is 2. The van der Waals surface area contributed by atoms with Gasteiger partial charge < -0.3 is 14.6 Å². The molecule has 0 bridgehead atoms. The second-order valence-electron chi connectivity index (χ2n) is 11.6. The number of aliphatic hydroxyl groups excluding tert-OH is 1. The highest BCUT2D eigenvalue weighted by atomic mass is 16.6. The third kappa shape index (κ3) is 32.6. The van der Waals surface area contributed by atoms with E-state index in [0.717, 1.165) is 64.2 Å². The zero-order chi connectivity index (χ0) is 30.8. The number of carbonyl (C=O) groups excluding carboxylic acids is 2. The molecule has 5 nitrogen and oxygen atoms in total. The number of carbonyl (C=O) groups is 2. The van der Waals surface area contributed by atoms with Gasteiger partial charge in [-0.1, -0.05) is 140 Å². The number of rotatable bonds is 31. The topological polar surface area (TPSA) is 72.8 Å². The normalized spacial score (nSPS) is 12.5. The summed E-state index contributed by atoms with van der Waals surface area (Å²) >= 11 is 0. The summed E-state index contributed by atoms with van der Waals surface area (Å²) in [5, 5.41) is 9.96. The lowest BCUT2D eigenvalue weighted by atomic mass is 10.1. The van der Waals surface area contributed by atoms with Gasteiger partial charge in [0.25, 0.3) is 0 Å². The van der Waals surface area contributed by atoms with Crippen molar-refractivity contribution in [1.29, 1.82) is 0 Å². The second kappa shape index (κ2) is 33.6. The van der Waals surface area contributed by atoms with E-state index in [-0.39, 0.29) is 25.2 Å². The first-order valence-corrected chi connectivity index (χ1v) is 17.5. The Hall–Kier alpha value is -1.88. The van der Waals surface area contributed by atoms with Crippen molar-refractivity contribution < 1.29 is 24.2 Å². The Balaban J connectivity index is 3.50. The highest BCUT2D eigenvalue weighted by Crippen LogP contribution is 2.12. The van der Waals surface area contributed by atoms with Crippen LogP contribution in [0.3, 0.4) is 0 Å². The molecule has 0 radical (unpaired) electrons. The molecule has 0 saturated carbocycles. The Kier molecular flexibility index (Phi) is 32.1. The van der Waals surface area contributed by atoms with Crippen molar-refractivity contribution in [3.8, 4) is 0 Å². The SMILES string of the molecule is CCCCC/C=C\C/C=C\C/C=C\CCCCCCC(=O)OC[C@H](O)COC(=O)CCCCCCCCCCCCC. The molecule has 0 amide bonds. The summed E-state index contributed by atoms with van der Waals surface area (Å²) in [6, 6.07) is 0.